The highest BCUT2D eigenvalue weighted by atomic mass is 35.5. The van der Waals surface area contributed by atoms with Gasteiger partial charge >= 0.3 is 0 Å². The first-order chi connectivity index (χ1) is 9.60. The molecule has 0 bridgehead atoms. The van der Waals surface area contributed by atoms with Crippen molar-refractivity contribution in [1.29, 1.82) is 0 Å². The molecule has 1 aliphatic rings. The summed E-state index contributed by atoms with van der Waals surface area (Å²) < 4.78 is 24.4. The molecule has 0 aromatic heterocycles. The zero-order valence-corrected chi connectivity index (χ0v) is 12.4. The van der Waals surface area contributed by atoms with Crippen molar-refractivity contribution in [2.24, 2.45) is 5.73 Å². The van der Waals surface area contributed by atoms with Crippen LogP contribution in [0.4, 0.5) is 4.39 Å². The van der Waals surface area contributed by atoms with Crippen molar-refractivity contribution in [2.75, 3.05) is 33.9 Å². The Bertz CT molecular complexity index is 449. The van der Waals surface area contributed by atoms with Crippen LogP contribution in [0.2, 0.25) is 5.02 Å². The lowest BCUT2D eigenvalue weighted by Gasteiger charge is -2.27. The lowest BCUT2D eigenvalue weighted by Crippen LogP contribution is -2.33. The minimum absolute atomic E-state index is 0.00574. The Morgan fingerprint density at radius 1 is 1.35 bits per heavy atom. The summed E-state index contributed by atoms with van der Waals surface area (Å²) in [5.41, 5.74) is 6.69. The molecule has 3 atom stereocenters. The smallest absolute Gasteiger partial charge is 0.142 e. The largest absolute Gasteiger partial charge is 0.377 e. The average Bonchev–Trinajstić information content (AvgIpc) is 2.86. The maximum absolute atomic E-state index is 13.6. The highest BCUT2D eigenvalue weighted by molar-refractivity contribution is 6.30. The fraction of sp³-hybridized carbons (Fsp3) is 0.571. The first kappa shape index (κ1) is 15.7. The van der Waals surface area contributed by atoms with Crippen LogP contribution in [0.3, 0.4) is 0 Å². The molecule has 0 aliphatic carbocycles. The van der Waals surface area contributed by atoms with Crippen molar-refractivity contribution in [3.8, 4) is 0 Å². The van der Waals surface area contributed by atoms with Gasteiger partial charge in [-0.1, -0.05) is 17.7 Å². The molecule has 1 fully saturated rings. The van der Waals surface area contributed by atoms with Crippen molar-refractivity contribution < 1.29 is 13.9 Å². The van der Waals surface area contributed by atoms with E-state index < -0.39 is 5.82 Å². The Morgan fingerprint density at radius 2 is 1.95 bits per heavy atom. The molecule has 2 rings (SSSR count). The van der Waals surface area contributed by atoms with Crippen LogP contribution in [0.15, 0.2) is 18.2 Å². The quantitative estimate of drug-likeness (QED) is 0.901. The van der Waals surface area contributed by atoms with E-state index >= 15 is 0 Å². The molecule has 1 aliphatic heterocycles. The molecule has 0 spiro atoms. The van der Waals surface area contributed by atoms with E-state index in [0.717, 1.165) is 5.56 Å². The van der Waals surface area contributed by atoms with Crippen molar-refractivity contribution in [1.82, 2.24) is 4.90 Å². The Kier molecular flexibility index (Phi) is 5.35. The summed E-state index contributed by atoms with van der Waals surface area (Å²) in [4.78, 5) is 2.16. The second kappa shape index (κ2) is 6.83. The van der Waals surface area contributed by atoms with Gasteiger partial charge in [0, 0.05) is 39.9 Å². The van der Waals surface area contributed by atoms with Gasteiger partial charge in [-0.05, 0) is 17.7 Å². The van der Waals surface area contributed by atoms with Crippen molar-refractivity contribution in [2.45, 2.75) is 18.2 Å². The number of ether oxygens (including phenoxy) is 2. The predicted molar refractivity (Wildman–Crippen MR) is 76.4 cm³/mol. The monoisotopic (exact) mass is 302 g/mol. The normalized spacial score (nSPS) is 25.1. The summed E-state index contributed by atoms with van der Waals surface area (Å²) in [7, 11) is 3.33. The van der Waals surface area contributed by atoms with Gasteiger partial charge in [0.05, 0.1) is 17.2 Å². The summed E-state index contributed by atoms with van der Waals surface area (Å²) in [5.74, 6) is -0.423. The molecule has 6 heteroatoms. The van der Waals surface area contributed by atoms with Crippen molar-refractivity contribution in [3.63, 3.8) is 0 Å². The molecule has 20 heavy (non-hydrogen) atoms. The summed E-state index contributed by atoms with van der Waals surface area (Å²) in [6.45, 7) is 1.82. The minimum Gasteiger partial charge on any atom is -0.377 e. The van der Waals surface area contributed by atoms with Gasteiger partial charge in [-0.25, -0.2) is 4.39 Å². The molecule has 1 saturated heterocycles. The van der Waals surface area contributed by atoms with Crippen LogP contribution in [0.25, 0.3) is 0 Å². The Morgan fingerprint density at radius 3 is 2.40 bits per heavy atom. The third-order valence-corrected chi connectivity index (χ3v) is 4.15. The molecule has 2 N–H and O–H groups in total. The molecule has 3 unspecified atom stereocenters. The van der Waals surface area contributed by atoms with E-state index in [0.29, 0.717) is 19.6 Å². The fourth-order valence-corrected chi connectivity index (χ4v) is 2.81. The van der Waals surface area contributed by atoms with Gasteiger partial charge in [-0.2, -0.15) is 0 Å². The van der Waals surface area contributed by atoms with E-state index in [9.17, 15) is 4.39 Å². The number of halogens is 2. The van der Waals surface area contributed by atoms with Gasteiger partial charge < -0.3 is 15.2 Å². The second-order valence-electron chi connectivity index (χ2n) is 4.93. The molecular formula is C14H20ClFN2O2. The third kappa shape index (κ3) is 3.13. The van der Waals surface area contributed by atoms with E-state index in [-0.39, 0.29) is 23.3 Å². The first-order valence-electron chi connectivity index (χ1n) is 6.55. The summed E-state index contributed by atoms with van der Waals surface area (Å²) in [6.07, 6.45) is 0.0115. The molecule has 1 aromatic carbocycles. The van der Waals surface area contributed by atoms with Crippen LogP contribution in [0.1, 0.15) is 11.6 Å². The number of benzene rings is 1. The van der Waals surface area contributed by atoms with Crippen molar-refractivity contribution >= 4 is 11.6 Å². The molecule has 1 aromatic rings. The van der Waals surface area contributed by atoms with Crippen molar-refractivity contribution in [3.05, 3.63) is 34.6 Å². The second-order valence-corrected chi connectivity index (χ2v) is 5.33. The number of rotatable bonds is 5. The molecular weight excluding hydrogens is 283 g/mol. The van der Waals surface area contributed by atoms with Gasteiger partial charge in [-0.15, -0.1) is 0 Å². The van der Waals surface area contributed by atoms with Crippen LogP contribution in [0, 0.1) is 5.82 Å². The van der Waals surface area contributed by atoms with Crippen LogP contribution >= 0.6 is 11.6 Å². The maximum atomic E-state index is 13.6. The SMILES string of the molecule is COC1CN(C(CN)c2ccc(Cl)c(F)c2)CC1OC. The lowest BCUT2D eigenvalue weighted by molar-refractivity contribution is -0.00461. The van der Waals surface area contributed by atoms with E-state index in [1.807, 2.05) is 6.07 Å². The number of hydrogen-bond acceptors (Lipinski definition) is 4. The molecule has 0 saturated carbocycles. The summed E-state index contributed by atoms with van der Waals surface area (Å²) >= 11 is 5.72. The van der Waals surface area contributed by atoms with Gasteiger partial charge in [0.1, 0.15) is 5.82 Å². The van der Waals surface area contributed by atoms with E-state index in [1.165, 1.54) is 6.07 Å². The standard InChI is InChI=1S/C14H20ClFN2O2/c1-19-13-7-18(8-14(13)20-2)12(6-17)9-3-4-10(15)11(16)5-9/h3-5,12-14H,6-8,17H2,1-2H3. The average molecular weight is 303 g/mol. The van der Waals surface area contributed by atoms with E-state index in [1.54, 1.807) is 20.3 Å². The van der Waals surface area contributed by atoms with Gasteiger partial charge in [0.2, 0.25) is 0 Å². The number of likely N-dealkylation sites (tertiary alicyclic amines) is 1. The number of methoxy groups -OCH3 is 2. The zero-order valence-electron chi connectivity index (χ0n) is 11.7. The molecule has 0 amide bonds. The van der Waals surface area contributed by atoms with Crippen LogP contribution in [-0.4, -0.2) is 51.0 Å². The lowest BCUT2D eigenvalue weighted by atomic mass is 10.1. The minimum atomic E-state index is -0.423. The third-order valence-electron chi connectivity index (χ3n) is 3.84. The topological polar surface area (TPSA) is 47.7 Å². The fourth-order valence-electron chi connectivity index (χ4n) is 2.69. The first-order valence-corrected chi connectivity index (χ1v) is 6.93. The number of nitrogens with zero attached hydrogens (tertiary/aromatic N) is 1. The highest BCUT2D eigenvalue weighted by Crippen LogP contribution is 2.28. The maximum Gasteiger partial charge on any atom is 0.142 e. The van der Waals surface area contributed by atoms with Crippen LogP contribution < -0.4 is 5.73 Å². The van der Waals surface area contributed by atoms with E-state index in [4.69, 9.17) is 26.8 Å². The highest BCUT2D eigenvalue weighted by Gasteiger charge is 2.36. The Balaban J connectivity index is 2.18. The molecule has 4 nitrogen and oxygen atoms in total. The summed E-state index contributed by atoms with van der Waals surface area (Å²) in [6, 6.07) is 4.75. The van der Waals surface area contributed by atoms with Gasteiger partial charge in [0.15, 0.2) is 0 Å². The molecule has 112 valence electrons. The van der Waals surface area contributed by atoms with Crippen LogP contribution in [0.5, 0.6) is 0 Å². The predicted octanol–water partition coefficient (Wildman–Crippen LogP) is 1.82. The zero-order chi connectivity index (χ0) is 14.7. The van der Waals surface area contributed by atoms with E-state index in [2.05, 4.69) is 4.90 Å². The summed E-state index contributed by atoms with van der Waals surface area (Å²) in [5, 5.41) is 0.121. The Labute approximate surface area is 123 Å². The van der Waals surface area contributed by atoms with Gasteiger partial charge in [-0.3, -0.25) is 4.90 Å². The number of hydrogen-bond donors (Lipinski definition) is 1. The number of nitrogens with two attached hydrogens (primary N) is 1. The molecule has 0 radical (unpaired) electrons. The Hall–Kier alpha value is -0.720. The van der Waals surface area contributed by atoms with Gasteiger partial charge in [0.25, 0.3) is 0 Å². The molecule has 1 heterocycles. The van der Waals surface area contributed by atoms with Crippen LogP contribution in [-0.2, 0) is 9.47 Å².